The van der Waals surface area contributed by atoms with Crippen molar-refractivity contribution in [1.29, 1.82) is 0 Å². The average molecular weight is 332 g/mol. The van der Waals surface area contributed by atoms with Gasteiger partial charge in [-0.05, 0) is 31.1 Å². The highest BCUT2D eigenvalue weighted by atomic mass is 16.5. The first kappa shape index (κ1) is 15.6. The van der Waals surface area contributed by atoms with Gasteiger partial charge in [0.2, 0.25) is 5.91 Å². The molecule has 0 unspecified atom stereocenters. The van der Waals surface area contributed by atoms with Gasteiger partial charge < -0.3 is 15.2 Å². The monoisotopic (exact) mass is 332 g/mol. The molecule has 1 saturated carbocycles. The second-order valence-electron chi connectivity index (χ2n) is 7.01. The highest BCUT2D eigenvalue weighted by Crippen LogP contribution is 2.34. The van der Waals surface area contributed by atoms with Crippen molar-refractivity contribution in [2.45, 2.75) is 38.5 Å². The van der Waals surface area contributed by atoms with Gasteiger partial charge in [0.15, 0.2) is 0 Å². The molecule has 0 bridgehead atoms. The van der Waals surface area contributed by atoms with Gasteiger partial charge in [-0.25, -0.2) is 0 Å². The highest BCUT2D eigenvalue weighted by Gasteiger charge is 2.33. The quantitative estimate of drug-likeness (QED) is 0.815. The van der Waals surface area contributed by atoms with Gasteiger partial charge in [0.05, 0.1) is 13.0 Å². The lowest BCUT2D eigenvalue weighted by atomic mass is 10.1. The molecule has 3 heterocycles. The number of carbonyl (C=O) groups excluding carboxylic acids is 1. The molecule has 1 amide bonds. The summed E-state index contributed by atoms with van der Waals surface area (Å²) >= 11 is 0. The largest absolute Gasteiger partial charge is 0.463 e. The predicted octanol–water partition coefficient (Wildman–Crippen LogP) is 1.55. The number of fused-ring (bicyclic) bond motifs is 1. The van der Waals surface area contributed by atoms with Gasteiger partial charge >= 0.3 is 6.01 Å². The van der Waals surface area contributed by atoms with E-state index in [1.165, 1.54) is 12.8 Å². The van der Waals surface area contributed by atoms with Crippen molar-refractivity contribution in [1.82, 2.24) is 9.97 Å². The molecular weight excluding hydrogens is 308 g/mol. The maximum Gasteiger partial charge on any atom is 0.320 e. The number of hydrogen-bond acceptors (Lipinski definition) is 6. The second-order valence-corrected chi connectivity index (χ2v) is 7.01. The third-order valence-corrected chi connectivity index (χ3v) is 5.12. The molecule has 1 saturated heterocycles. The molecule has 1 aliphatic carbocycles. The molecule has 2 fully saturated rings. The van der Waals surface area contributed by atoms with Gasteiger partial charge in [-0.3, -0.25) is 9.69 Å². The molecule has 2 aliphatic heterocycles. The van der Waals surface area contributed by atoms with Gasteiger partial charge in [0.1, 0.15) is 11.6 Å². The predicted molar refractivity (Wildman–Crippen MR) is 88.9 cm³/mol. The Hall–Kier alpha value is -1.89. The zero-order valence-corrected chi connectivity index (χ0v) is 13.9. The fourth-order valence-electron chi connectivity index (χ4n) is 3.37. The summed E-state index contributed by atoms with van der Waals surface area (Å²) in [5.41, 5.74) is 6.76. The molecule has 1 atom stereocenters. The minimum Gasteiger partial charge on any atom is -0.463 e. The maximum absolute atomic E-state index is 12.3. The lowest BCUT2D eigenvalue weighted by Gasteiger charge is -2.18. The third-order valence-electron chi connectivity index (χ3n) is 5.12. The van der Waals surface area contributed by atoms with Crippen molar-refractivity contribution in [3.63, 3.8) is 0 Å². The zero-order chi connectivity index (χ0) is 16.5. The van der Waals surface area contributed by atoms with Crippen molar-refractivity contribution >= 4 is 17.5 Å². The standard InChI is InChI=1S/C17H24N4O3/c18-15-13-9-14(22)21(6-3-12-4-7-23-10-12)16(13)20-17(19-15)24-8-5-11-1-2-11/h11-12H,1-10H2,(H2,18,19,20)/t12-/m1/s1. The van der Waals surface area contributed by atoms with Gasteiger partial charge in [-0.15, -0.1) is 0 Å². The number of nitrogens with two attached hydrogens (primary N) is 1. The molecular formula is C17H24N4O3. The van der Waals surface area contributed by atoms with Gasteiger partial charge in [-0.1, -0.05) is 12.8 Å². The van der Waals surface area contributed by atoms with Crippen molar-refractivity contribution in [2.75, 3.05) is 37.0 Å². The summed E-state index contributed by atoms with van der Waals surface area (Å²) < 4.78 is 11.1. The number of ether oxygens (including phenoxy) is 2. The van der Waals surface area contributed by atoms with Gasteiger partial charge in [0, 0.05) is 25.3 Å². The van der Waals surface area contributed by atoms with Crippen LogP contribution in [-0.4, -0.2) is 42.2 Å². The van der Waals surface area contributed by atoms with Crippen LogP contribution in [0.1, 0.15) is 37.7 Å². The Morgan fingerprint density at radius 3 is 2.83 bits per heavy atom. The van der Waals surface area contributed by atoms with Crippen LogP contribution in [0, 0.1) is 11.8 Å². The normalized spacial score (nSPS) is 22.9. The number of aromatic nitrogens is 2. The molecule has 0 radical (unpaired) electrons. The Labute approximate surface area is 141 Å². The van der Waals surface area contributed by atoms with Crippen LogP contribution in [0.2, 0.25) is 0 Å². The summed E-state index contributed by atoms with van der Waals surface area (Å²) in [6.45, 7) is 2.87. The first-order chi connectivity index (χ1) is 11.7. The molecule has 4 rings (SSSR count). The number of nitrogen functional groups attached to an aromatic ring is 1. The van der Waals surface area contributed by atoms with E-state index in [9.17, 15) is 4.79 Å². The molecule has 1 aromatic rings. The smallest absolute Gasteiger partial charge is 0.320 e. The number of anilines is 2. The lowest BCUT2D eigenvalue weighted by molar-refractivity contribution is -0.117. The summed E-state index contributed by atoms with van der Waals surface area (Å²) in [5.74, 6) is 2.35. The Kier molecular flexibility index (Phi) is 4.26. The van der Waals surface area contributed by atoms with Crippen LogP contribution in [0.5, 0.6) is 6.01 Å². The number of carbonyl (C=O) groups is 1. The Morgan fingerprint density at radius 1 is 1.21 bits per heavy atom. The number of hydrogen-bond donors (Lipinski definition) is 1. The number of amides is 1. The molecule has 3 aliphatic rings. The van der Waals surface area contributed by atoms with E-state index in [1.807, 2.05) is 0 Å². The van der Waals surface area contributed by atoms with E-state index >= 15 is 0 Å². The van der Waals surface area contributed by atoms with Crippen molar-refractivity contribution in [3.05, 3.63) is 5.56 Å². The highest BCUT2D eigenvalue weighted by molar-refractivity contribution is 6.01. The van der Waals surface area contributed by atoms with Crippen LogP contribution >= 0.6 is 0 Å². The molecule has 1 aromatic heterocycles. The third kappa shape index (κ3) is 3.31. The van der Waals surface area contributed by atoms with E-state index < -0.39 is 0 Å². The lowest BCUT2D eigenvalue weighted by Crippen LogP contribution is -2.29. The summed E-state index contributed by atoms with van der Waals surface area (Å²) in [5, 5.41) is 0. The van der Waals surface area contributed by atoms with E-state index in [1.54, 1.807) is 4.90 Å². The van der Waals surface area contributed by atoms with Crippen LogP contribution in [0.15, 0.2) is 0 Å². The Morgan fingerprint density at radius 2 is 2.08 bits per heavy atom. The van der Waals surface area contributed by atoms with Crippen LogP contribution in [0.4, 0.5) is 11.6 Å². The first-order valence-corrected chi connectivity index (χ1v) is 8.88. The molecule has 7 nitrogen and oxygen atoms in total. The molecule has 0 aromatic carbocycles. The number of rotatable bonds is 7. The summed E-state index contributed by atoms with van der Waals surface area (Å²) in [4.78, 5) is 22.8. The molecule has 130 valence electrons. The van der Waals surface area contributed by atoms with Crippen molar-refractivity contribution < 1.29 is 14.3 Å². The van der Waals surface area contributed by atoms with Gasteiger partial charge in [-0.2, -0.15) is 9.97 Å². The van der Waals surface area contributed by atoms with E-state index in [0.717, 1.165) is 44.0 Å². The fraction of sp³-hybridized carbons (Fsp3) is 0.706. The molecule has 2 N–H and O–H groups in total. The maximum atomic E-state index is 12.3. The minimum atomic E-state index is 0.0417. The summed E-state index contributed by atoms with van der Waals surface area (Å²) in [7, 11) is 0. The van der Waals surface area contributed by atoms with Crippen LogP contribution in [-0.2, 0) is 16.0 Å². The Balaban J connectivity index is 1.44. The topological polar surface area (TPSA) is 90.6 Å². The van der Waals surface area contributed by atoms with E-state index in [2.05, 4.69) is 9.97 Å². The zero-order valence-electron chi connectivity index (χ0n) is 13.9. The fourth-order valence-corrected chi connectivity index (χ4v) is 3.37. The first-order valence-electron chi connectivity index (χ1n) is 8.88. The van der Waals surface area contributed by atoms with E-state index in [-0.39, 0.29) is 18.3 Å². The average Bonchev–Trinajstić information content (AvgIpc) is 3.12. The van der Waals surface area contributed by atoms with Crippen LogP contribution in [0.25, 0.3) is 0 Å². The molecule has 0 spiro atoms. The van der Waals surface area contributed by atoms with Crippen LogP contribution < -0.4 is 15.4 Å². The van der Waals surface area contributed by atoms with E-state index in [0.29, 0.717) is 30.7 Å². The molecule has 7 heteroatoms. The van der Waals surface area contributed by atoms with E-state index in [4.69, 9.17) is 15.2 Å². The van der Waals surface area contributed by atoms with Crippen LogP contribution in [0.3, 0.4) is 0 Å². The summed E-state index contributed by atoms with van der Waals surface area (Å²) in [6.07, 6.45) is 5.89. The van der Waals surface area contributed by atoms with Gasteiger partial charge in [0.25, 0.3) is 0 Å². The minimum absolute atomic E-state index is 0.0417. The SMILES string of the molecule is Nc1nc(OCCC2CC2)nc2c1CC(=O)N2CC[C@@H]1CCOC1. The second kappa shape index (κ2) is 6.55. The number of nitrogens with zero attached hydrogens (tertiary/aromatic N) is 3. The van der Waals surface area contributed by atoms with Crippen molar-refractivity contribution in [3.8, 4) is 6.01 Å². The molecule has 24 heavy (non-hydrogen) atoms. The summed E-state index contributed by atoms with van der Waals surface area (Å²) in [6, 6.07) is 0.288. The Bertz CT molecular complexity index is 627. The van der Waals surface area contributed by atoms with Crippen molar-refractivity contribution in [2.24, 2.45) is 11.8 Å².